The highest BCUT2D eigenvalue weighted by atomic mass is 16.2. The average Bonchev–Trinajstić information content (AvgIpc) is 2.18. The third-order valence-corrected chi connectivity index (χ3v) is 4.67. The molecule has 2 amide bonds. The number of carbonyl (C=O) groups is 1. The minimum atomic E-state index is -0.596. The lowest BCUT2D eigenvalue weighted by Crippen LogP contribution is -2.62. The zero-order valence-corrected chi connectivity index (χ0v) is 10.9. The Balaban J connectivity index is 2.95. The highest BCUT2D eigenvalue weighted by Crippen LogP contribution is 2.61. The number of hydrogen-bond donors (Lipinski definition) is 2. The Hall–Kier alpha value is -1.06. The molecular formula is C12H23N3O. The van der Waals surface area contributed by atoms with Crippen LogP contribution in [0.4, 0.5) is 4.79 Å². The number of hydrazone groups is 1. The first-order valence-electron chi connectivity index (χ1n) is 5.97. The van der Waals surface area contributed by atoms with E-state index in [0.29, 0.717) is 11.3 Å². The van der Waals surface area contributed by atoms with Crippen LogP contribution in [0.1, 0.15) is 47.5 Å². The van der Waals surface area contributed by atoms with Gasteiger partial charge in [-0.1, -0.05) is 34.6 Å². The van der Waals surface area contributed by atoms with E-state index in [4.69, 9.17) is 5.73 Å². The van der Waals surface area contributed by atoms with Gasteiger partial charge in [0.2, 0.25) is 0 Å². The van der Waals surface area contributed by atoms with E-state index in [2.05, 4.69) is 45.1 Å². The minimum Gasteiger partial charge on any atom is -0.350 e. The molecule has 0 aromatic carbocycles. The molecule has 16 heavy (non-hydrogen) atoms. The number of amides is 2. The van der Waals surface area contributed by atoms with E-state index in [9.17, 15) is 4.79 Å². The summed E-state index contributed by atoms with van der Waals surface area (Å²) in [5, 5.41) is 4.15. The number of nitrogens with two attached hydrogens (primary N) is 1. The van der Waals surface area contributed by atoms with Crippen LogP contribution in [0.2, 0.25) is 0 Å². The van der Waals surface area contributed by atoms with Gasteiger partial charge in [0.25, 0.3) is 0 Å². The average molecular weight is 225 g/mol. The smallest absolute Gasteiger partial charge is 0.332 e. The summed E-state index contributed by atoms with van der Waals surface area (Å²) in [4.78, 5) is 10.7. The summed E-state index contributed by atoms with van der Waals surface area (Å²) in [5.74, 6) is 0.407. The summed E-state index contributed by atoms with van der Waals surface area (Å²) in [6, 6.07) is -0.596. The third kappa shape index (κ3) is 1.51. The topological polar surface area (TPSA) is 67.5 Å². The van der Waals surface area contributed by atoms with Gasteiger partial charge in [0.05, 0.1) is 0 Å². The maximum absolute atomic E-state index is 10.7. The largest absolute Gasteiger partial charge is 0.350 e. The van der Waals surface area contributed by atoms with Gasteiger partial charge in [-0.2, -0.15) is 5.10 Å². The minimum absolute atomic E-state index is 0.0400. The summed E-state index contributed by atoms with van der Waals surface area (Å²) in [5.41, 5.74) is 8.76. The zero-order chi connectivity index (χ0) is 12.6. The first-order chi connectivity index (χ1) is 7.33. The summed E-state index contributed by atoms with van der Waals surface area (Å²) in [6.45, 7) is 11.0. The molecule has 0 aromatic heterocycles. The van der Waals surface area contributed by atoms with Crippen LogP contribution >= 0.6 is 0 Å². The van der Waals surface area contributed by atoms with Crippen molar-refractivity contribution in [1.82, 2.24) is 5.43 Å². The van der Waals surface area contributed by atoms with Crippen LogP contribution in [0.5, 0.6) is 0 Å². The van der Waals surface area contributed by atoms with Gasteiger partial charge in [-0.15, -0.1) is 0 Å². The van der Waals surface area contributed by atoms with Gasteiger partial charge >= 0.3 is 6.03 Å². The van der Waals surface area contributed by atoms with Crippen molar-refractivity contribution >= 4 is 11.7 Å². The van der Waals surface area contributed by atoms with Crippen LogP contribution in [-0.4, -0.2) is 11.7 Å². The molecule has 1 rings (SSSR count). The van der Waals surface area contributed by atoms with Crippen LogP contribution in [0.15, 0.2) is 5.10 Å². The van der Waals surface area contributed by atoms with E-state index in [1.54, 1.807) is 0 Å². The van der Waals surface area contributed by atoms with E-state index in [1.807, 2.05) is 0 Å². The van der Waals surface area contributed by atoms with Gasteiger partial charge in [0.15, 0.2) is 0 Å². The zero-order valence-electron chi connectivity index (χ0n) is 10.9. The molecule has 0 radical (unpaired) electrons. The normalized spacial score (nSPS) is 28.6. The summed E-state index contributed by atoms with van der Waals surface area (Å²) in [6.07, 6.45) is 2.26. The van der Waals surface area contributed by atoms with Gasteiger partial charge in [0, 0.05) is 17.0 Å². The van der Waals surface area contributed by atoms with Gasteiger partial charge in [-0.05, 0) is 18.3 Å². The summed E-state index contributed by atoms with van der Waals surface area (Å²) < 4.78 is 0. The number of primary amides is 1. The van der Waals surface area contributed by atoms with Crippen molar-refractivity contribution in [3.05, 3.63) is 0 Å². The molecule has 1 unspecified atom stereocenters. The van der Waals surface area contributed by atoms with Crippen molar-refractivity contribution in [2.75, 3.05) is 0 Å². The van der Waals surface area contributed by atoms with E-state index in [0.717, 1.165) is 18.6 Å². The fraction of sp³-hybridized carbons (Fsp3) is 0.833. The van der Waals surface area contributed by atoms with Crippen molar-refractivity contribution in [1.29, 1.82) is 0 Å². The van der Waals surface area contributed by atoms with Gasteiger partial charge in [0.1, 0.15) is 0 Å². The Morgan fingerprint density at radius 1 is 1.44 bits per heavy atom. The molecule has 1 fully saturated rings. The molecule has 0 aliphatic heterocycles. The number of rotatable bonds is 3. The fourth-order valence-electron chi connectivity index (χ4n) is 3.62. The lowest BCUT2D eigenvalue weighted by atomic mass is 9.42. The van der Waals surface area contributed by atoms with Gasteiger partial charge in [-0.3, -0.25) is 0 Å². The third-order valence-electron chi connectivity index (χ3n) is 4.67. The van der Waals surface area contributed by atoms with Crippen LogP contribution < -0.4 is 11.2 Å². The van der Waals surface area contributed by atoms with Gasteiger partial charge < -0.3 is 5.73 Å². The van der Waals surface area contributed by atoms with Crippen molar-refractivity contribution in [2.45, 2.75) is 47.5 Å². The van der Waals surface area contributed by atoms with Crippen LogP contribution in [-0.2, 0) is 0 Å². The maximum Gasteiger partial charge on any atom is 0.332 e. The second-order valence-electron chi connectivity index (χ2n) is 5.18. The van der Waals surface area contributed by atoms with E-state index in [1.165, 1.54) is 0 Å². The van der Waals surface area contributed by atoms with Crippen molar-refractivity contribution in [3.63, 3.8) is 0 Å². The molecule has 0 bridgehead atoms. The second kappa shape index (κ2) is 4.07. The number of nitrogens with zero attached hydrogens (tertiary/aromatic N) is 1. The molecule has 0 aromatic rings. The van der Waals surface area contributed by atoms with Gasteiger partial charge in [-0.25, -0.2) is 10.2 Å². The van der Waals surface area contributed by atoms with E-state index >= 15 is 0 Å². The number of nitrogens with one attached hydrogen (secondary N) is 1. The lowest BCUT2D eigenvalue weighted by Gasteiger charge is -2.61. The standard InChI is InChI=1S/C12H23N3O/c1-6-12(7-2)8(3)9(11(12,4)5)14-15-10(13)16/h8H,6-7H2,1-5H3,(H3,13,15,16). The van der Waals surface area contributed by atoms with Crippen molar-refractivity contribution in [3.8, 4) is 0 Å². The molecule has 0 saturated heterocycles. The summed E-state index contributed by atoms with van der Waals surface area (Å²) in [7, 11) is 0. The Morgan fingerprint density at radius 2 is 1.94 bits per heavy atom. The quantitative estimate of drug-likeness (QED) is 0.712. The first-order valence-corrected chi connectivity index (χ1v) is 5.97. The molecular weight excluding hydrogens is 202 g/mol. The predicted molar refractivity (Wildman–Crippen MR) is 66.1 cm³/mol. The number of hydrogen-bond acceptors (Lipinski definition) is 2. The molecule has 92 valence electrons. The maximum atomic E-state index is 10.7. The predicted octanol–water partition coefficient (Wildman–Crippen LogP) is 2.49. The van der Waals surface area contributed by atoms with E-state index in [-0.39, 0.29) is 5.41 Å². The Labute approximate surface area is 97.7 Å². The van der Waals surface area contributed by atoms with E-state index < -0.39 is 6.03 Å². The molecule has 1 aliphatic rings. The monoisotopic (exact) mass is 225 g/mol. The number of carbonyl (C=O) groups excluding carboxylic acids is 1. The highest BCUT2D eigenvalue weighted by molar-refractivity contribution is 5.99. The van der Waals surface area contributed by atoms with Crippen LogP contribution in [0.25, 0.3) is 0 Å². The Morgan fingerprint density at radius 3 is 2.25 bits per heavy atom. The first kappa shape index (κ1) is 13.0. The molecule has 1 atom stereocenters. The molecule has 3 N–H and O–H groups in total. The molecule has 1 aliphatic carbocycles. The molecule has 4 nitrogen and oxygen atoms in total. The fourth-order valence-corrected chi connectivity index (χ4v) is 3.62. The Kier molecular flexibility index (Phi) is 3.31. The van der Waals surface area contributed by atoms with Crippen LogP contribution in [0, 0.1) is 16.7 Å². The van der Waals surface area contributed by atoms with Crippen molar-refractivity contribution < 1.29 is 4.79 Å². The number of urea groups is 1. The lowest BCUT2D eigenvalue weighted by molar-refractivity contribution is 0.0162. The SMILES string of the molecule is CCC1(CC)C(C)C(=NNC(N)=O)C1(C)C. The Bertz CT molecular complexity index is 316. The molecule has 4 heteroatoms. The molecule has 1 saturated carbocycles. The van der Waals surface area contributed by atoms with Crippen molar-refractivity contribution in [2.24, 2.45) is 27.6 Å². The summed E-state index contributed by atoms with van der Waals surface area (Å²) >= 11 is 0. The second-order valence-corrected chi connectivity index (χ2v) is 5.18. The molecule has 0 spiro atoms. The molecule has 0 heterocycles. The highest BCUT2D eigenvalue weighted by Gasteiger charge is 2.61. The van der Waals surface area contributed by atoms with Crippen LogP contribution in [0.3, 0.4) is 0 Å².